The van der Waals surface area contributed by atoms with Crippen LogP contribution in [0.1, 0.15) is 31.2 Å². The number of hydrogen-bond donors (Lipinski definition) is 0. The van der Waals surface area contributed by atoms with Crippen molar-refractivity contribution in [2.45, 2.75) is 26.2 Å². The minimum atomic E-state index is -0.562. The van der Waals surface area contributed by atoms with E-state index in [0.29, 0.717) is 28.7 Å². The maximum Gasteiger partial charge on any atom is 0.288 e. The van der Waals surface area contributed by atoms with Gasteiger partial charge in [0.25, 0.3) is 11.2 Å². The smallest absolute Gasteiger partial charge is 0.267 e. The number of nitro benzene ring substituents is 1. The Morgan fingerprint density at radius 3 is 2.82 bits per heavy atom. The predicted octanol–water partition coefficient (Wildman–Crippen LogP) is 4.95. The van der Waals surface area contributed by atoms with Gasteiger partial charge in [-0.25, -0.2) is 4.98 Å². The van der Waals surface area contributed by atoms with Crippen molar-refractivity contribution < 1.29 is 4.92 Å². The number of unbranched alkanes of at least 4 members (excludes halogenated alkanes) is 1. The number of nitro groups is 1. The molecule has 0 unspecified atom stereocenters. The van der Waals surface area contributed by atoms with Gasteiger partial charge in [-0.3, -0.25) is 14.9 Å². The van der Waals surface area contributed by atoms with E-state index in [2.05, 4.69) is 32.9 Å². The fourth-order valence-electron chi connectivity index (χ4n) is 2.68. The maximum absolute atomic E-state index is 13.0. The van der Waals surface area contributed by atoms with E-state index in [9.17, 15) is 14.9 Å². The van der Waals surface area contributed by atoms with Crippen molar-refractivity contribution in [1.82, 2.24) is 9.66 Å². The number of hydrogen-bond acceptors (Lipinski definition) is 5. The highest BCUT2D eigenvalue weighted by molar-refractivity contribution is 9.10. The molecule has 0 aliphatic carbocycles. The van der Waals surface area contributed by atoms with Crippen LogP contribution in [0.4, 0.5) is 5.69 Å². The summed E-state index contributed by atoms with van der Waals surface area (Å²) >= 11 is 9.21. The molecule has 1 heterocycles. The van der Waals surface area contributed by atoms with Crippen LogP contribution in [0.25, 0.3) is 10.9 Å². The summed E-state index contributed by atoms with van der Waals surface area (Å²) in [6, 6.07) is 9.66. The zero-order valence-electron chi connectivity index (χ0n) is 14.9. The van der Waals surface area contributed by atoms with Gasteiger partial charge >= 0.3 is 0 Å². The molecular weight excluding hydrogens is 448 g/mol. The van der Waals surface area contributed by atoms with Gasteiger partial charge in [0.1, 0.15) is 10.8 Å². The molecule has 3 rings (SSSR count). The van der Waals surface area contributed by atoms with E-state index in [1.54, 1.807) is 18.2 Å². The van der Waals surface area contributed by atoms with E-state index in [0.717, 1.165) is 17.3 Å². The third-order valence-electron chi connectivity index (χ3n) is 4.12. The van der Waals surface area contributed by atoms with Crippen molar-refractivity contribution >= 4 is 50.3 Å². The molecular formula is C19H16BrClN4O3. The predicted molar refractivity (Wildman–Crippen MR) is 113 cm³/mol. The van der Waals surface area contributed by atoms with E-state index < -0.39 is 4.92 Å². The molecule has 1 aromatic heterocycles. The molecule has 28 heavy (non-hydrogen) atoms. The molecule has 0 bridgehead atoms. The van der Waals surface area contributed by atoms with Gasteiger partial charge in [0, 0.05) is 22.5 Å². The Morgan fingerprint density at radius 1 is 1.32 bits per heavy atom. The van der Waals surface area contributed by atoms with E-state index in [4.69, 9.17) is 11.6 Å². The summed E-state index contributed by atoms with van der Waals surface area (Å²) in [6.45, 7) is 2.05. The topological polar surface area (TPSA) is 90.4 Å². The lowest BCUT2D eigenvalue weighted by molar-refractivity contribution is -0.384. The molecule has 0 aliphatic heterocycles. The largest absolute Gasteiger partial charge is 0.288 e. The lowest BCUT2D eigenvalue weighted by atomic mass is 10.2. The molecule has 9 heteroatoms. The summed E-state index contributed by atoms with van der Waals surface area (Å²) in [5.41, 5.74) is 0.550. The van der Waals surface area contributed by atoms with Gasteiger partial charge in [-0.1, -0.05) is 46.9 Å². The molecule has 0 radical (unpaired) electrons. The second kappa shape index (κ2) is 8.62. The van der Waals surface area contributed by atoms with Crippen LogP contribution in [0.15, 0.2) is 50.8 Å². The highest BCUT2D eigenvalue weighted by Gasteiger charge is 2.13. The number of rotatable bonds is 6. The van der Waals surface area contributed by atoms with Crippen LogP contribution in [-0.4, -0.2) is 20.8 Å². The summed E-state index contributed by atoms with van der Waals surface area (Å²) in [5.74, 6) is 0.543. The van der Waals surface area contributed by atoms with Gasteiger partial charge in [0.15, 0.2) is 0 Å². The number of aromatic nitrogens is 2. The molecule has 0 saturated heterocycles. The Hall–Kier alpha value is -2.58. The van der Waals surface area contributed by atoms with Crippen molar-refractivity contribution in [3.8, 4) is 0 Å². The molecule has 0 aliphatic rings. The highest BCUT2D eigenvalue weighted by Crippen LogP contribution is 2.24. The molecule has 2 aromatic carbocycles. The molecule has 0 saturated carbocycles. The zero-order valence-corrected chi connectivity index (χ0v) is 17.3. The molecule has 0 N–H and O–H groups in total. The molecule has 144 valence electrons. The van der Waals surface area contributed by atoms with Gasteiger partial charge in [0.05, 0.1) is 22.0 Å². The summed E-state index contributed by atoms with van der Waals surface area (Å²) in [6.07, 6.45) is 3.79. The molecule has 0 amide bonds. The average Bonchev–Trinajstić information content (AvgIpc) is 2.67. The van der Waals surface area contributed by atoms with Gasteiger partial charge in [0.2, 0.25) is 0 Å². The molecule has 0 spiro atoms. The van der Waals surface area contributed by atoms with Crippen LogP contribution in [0.5, 0.6) is 0 Å². The number of halogens is 2. The third kappa shape index (κ3) is 4.28. The van der Waals surface area contributed by atoms with Crippen LogP contribution in [0, 0.1) is 10.1 Å². The van der Waals surface area contributed by atoms with Gasteiger partial charge < -0.3 is 0 Å². The average molecular weight is 464 g/mol. The summed E-state index contributed by atoms with van der Waals surface area (Å²) in [5, 5.41) is 15.8. The lowest BCUT2D eigenvalue weighted by Gasteiger charge is -2.09. The van der Waals surface area contributed by atoms with Crippen molar-refractivity contribution in [3.05, 3.63) is 77.7 Å². The minimum Gasteiger partial charge on any atom is -0.267 e. The first-order chi connectivity index (χ1) is 13.4. The van der Waals surface area contributed by atoms with E-state index in [1.165, 1.54) is 23.0 Å². The van der Waals surface area contributed by atoms with Crippen molar-refractivity contribution in [1.29, 1.82) is 0 Å². The Kier molecular flexibility index (Phi) is 6.21. The van der Waals surface area contributed by atoms with E-state index in [1.807, 2.05) is 6.07 Å². The number of nitrogens with zero attached hydrogens (tertiary/aromatic N) is 4. The number of aryl methyl sites for hydroxylation is 1. The zero-order chi connectivity index (χ0) is 20.3. The quantitative estimate of drug-likeness (QED) is 0.294. The first-order valence-electron chi connectivity index (χ1n) is 8.60. The third-order valence-corrected chi connectivity index (χ3v) is 4.93. The Labute approximate surface area is 173 Å². The van der Waals surface area contributed by atoms with Crippen molar-refractivity contribution in [3.63, 3.8) is 0 Å². The fourth-order valence-corrected chi connectivity index (χ4v) is 3.23. The van der Waals surface area contributed by atoms with Crippen LogP contribution in [0.3, 0.4) is 0 Å². The Bertz CT molecular complexity index is 1140. The number of benzene rings is 2. The van der Waals surface area contributed by atoms with Crippen LogP contribution >= 0.6 is 27.5 Å². The second-order valence-electron chi connectivity index (χ2n) is 6.12. The summed E-state index contributed by atoms with van der Waals surface area (Å²) < 4.78 is 2.02. The number of fused-ring (bicyclic) bond motifs is 1. The molecule has 7 nitrogen and oxygen atoms in total. The monoisotopic (exact) mass is 462 g/mol. The standard InChI is InChI=1S/C19H16BrClN4O3/c1-2-3-4-18-23-16-8-6-13(20)10-14(16)19(26)24(18)22-11-12-5-7-15(21)17(9-12)25(27)28/h5-11H,2-4H2,1H3. The first-order valence-corrected chi connectivity index (χ1v) is 9.77. The van der Waals surface area contributed by atoms with Crippen LogP contribution in [-0.2, 0) is 6.42 Å². The van der Waals surface area contributed by atoms with Crippen molar-refractivity contribution in [2.24, 2.45) is 5.10 Å². The van der Waals surface area contributed by atoms with Gasteiger partial charge in [-0.15, -0.1) is 0 Å². The maximum atomic E-state index is 13.0. The Balaban J connectivity index is 2.11. The lowest BCUT2D eigenvalue weighted by Crippen LogP contribution is -2.22. The van der Waals surface area contributed by atoms with Gasteiger partial charge in [-0.2, -0.15) is 9.78 Å². The molecule has 0 fully saturated rings. The SMILES string of the molecule is CCCCc1nc2ccc(Br)cc2c(=O)n1N=Cc1ccc(Cl)c([N+](=O)[O-])c1. The normalized spacial score (nSPS) is 11.4. The second-order valence-corrected chi connectivity index (χ2v) is 7.45. The van der Waals surface area contributed by atoms with Gasteiger partial charge in [-0.05, 0) is 30.7 Å². The van der Waals surface area contributed by atoms with E-state index >= 15 is 0 Å². The van der Waals surface area contributed by atoms with Crippen LogP contribution in [0.2, 0.25) is 5.02 Å². The van der Waals surface area contributed by atoms with E-state index in [-0.39, 0.29) is 16.3 Å². The fraction of sp³-hybridized carbons (Fsp3) is 0.211. The summed E-state index contributed by atoms with van der Waals surface area (Å²) in [4.78, 5) is 28.1. The molecule has 3 aromatic rings. The van der Waals surface area contributed by atoms with Crippen molar-refractivity contribution in [2.75, 3.05) is 0 Å². The molecule has 0 atom stereocenters. The Morgan fingerprint density at radius 2 is 2.11 bits per heavy atom. The summed E-state index contributed by atoms with van der Waals surface area (Å²) in [7, 11) is 0. The minimum absolute atomic E-state index is 0.0418. The van der Waals surface area contributed by atoms with Crippen LogP contribution < -0.4 is 5.56 Å². The first kappa shape index (κ1) is 20.2. The highest BCUT2D eigenvalue weighted by atomic mass is 79.9.